The summed E-state index contributed by atoms with van der Waals surface area (Å²) in [6.45, 7) is 3.06. The zero-order valence-corrected chi connectivity index (χ0v) is 14.3. The molecule has 0 bridgehead atoms. The van der Waals surface area contributed by atoms with E-state index >= 15 is 0 Å². The number of hydrogen-bond donors (Lipinski definition) is 1. The number of primary sulfonamides is 1. The van der Waals surface area contributed by atoms with Crippen molar-refractivity contribution >= 4 is 21.6 Å². The van der Waals surface area contributed by atoms with E-state index in [1.165, 1.54) is 28.2 Å². The Bertz CT molecular complexity index is 873. The van der Waals surface area contributed by atoms with E-state index in [9.17, 15) is 13.2 Å². The summed E-state index contributed by atoms with van der Waals surface area (Å²) in [4.78, 5) is 14.3. The third-order valence-electron chi connectivity index (χ3n) is 4.15. The lowest BCUT2D eigenvalue weighted by Gasteiger charge is -2.30. The van der Waals surface area contributed by atoms with Crippen LogP contribution in [0.4, 0.5) is 5.69 Å². The molecule has 2 heterocycles. The van der Waals surface area contributed by atoms with Crippen LogP contribution in [0.25, 0.3) is 0 Å². The van der Waals surface area contributed by atoms with E-state index in [2.05, 4.69) is 11.2 Å². The number of carbonyl (C=O) groups is 1. The van der Waals surface area contributed by atoms with Crippen LogP contribution in [0.1, 0.15) is 24.0 Å². The van der Waals surface area contributed by atoms with Crippen molar-refractivity contribution in [2.45, 2.75) is 37.6 Å². The first-order valence-electron chi connectivity index (χ1n) is 7.80. The Morgan fingerprint density at radius 1 is 1.38 bits per heavy atom. The van der Waals surface area contributed by atoms with Crippen molar-refractivity contribution in [3.8, 4) is 0 Å². The van der Waals surface area contributed by atoms with Gasteiger partial charge in [-0.3, -0.25) is 9.48 Å². The number of rotatable bonds is 4. The minimum Gasteiger partial charge on any atom is -0.312 e. The van der Waals surface area contributed by atoms with Gasteiger partial charge < -0.3 is 4.90 Å². The highest BCUT2D eigenvalue weighted by Gasteiger charge is 2.22. The van der Waals surface area contributed by atoms with E-state index in [1.807, 2.05) is 24.0 Å². The summed E-state index contributed by atoms with van der Waals surface area (Å²) in [5, 5.41) is 8.99. The number of nitrogens with zero attached hydrogens (tertiary/aromatic N) is 3. The van der Waals surface area contributed by atoms with Crippen molar-refractivity contribution in [2.24, 2.45) is 5.14 Å². The standard InChI is InChI=1S/C16H20N4O3S/c1-12-4-5-15-13(9-12)3-2-7-20(15)16(21)6-8-19-11-14(10-18-19)24(17,22)23/h4-5,9-11H,2-3,6-8H2,1H3,(H2,17,22,23). The van der Waals surface area contributed by atoms with Gasteiger partial charge in [-0.15, -0.1) is 0 Å². The third-order valence-corrected chi connectivity index (χ3v) is 5.02. The molecule has 2 aromatic rings. The molecule has 1 aliphatic rings. The average molecular weight is 348 g/mol. The lowest BCUT2D eigenvalue weighted by Crippen LogP contribution is -2.36. The zero-order valence-electron chi connectivity index (χ0n) is 13.5. The van der Waals surface area contributed by atoms with Gasteiger partial charge in [-0.25, -0.2) is 13.6 Å². The van der Waals surface area contributed by atoms with Gasteiger partial charge in [-0.1, -0.05) is 17.7 Å². The molecule has 24 heavy (non-hydrogen) atoms. The molecule has 2 N–H and O–H groups in total. The van der Waals surface area contributed by atoms with Crippen LogP contribution in [0, 0.1) is 6.92 Å². The van der Waals surface area contributed by atoms with Crippen LogP contribution >= 0.6 is 0 Å². The minimum absolute atomic E-state index is 0.00691. The van der Waals surface area contributed by atoms with E-state index < -0.39 is 10.0 Å². The fraction of sp³-hybridized carbons (Fsp3) is 0.375. The lowest BCUT2D eigenvalue weighted by molar-refractivity contribution is -0.119. The molecule has 1 aromatic carbocycles. The van der Waals surface area contributed by atoms with Crippen molar-refractivity contribution in [3.63, 3.8) is 0 Å². The molecule has 0 fully saturated rings. The normalized spacial score (nSPS) is 14.5. The molecule has 0 unspecified atom stereocenters. The van der Waals surface area contributed by atoms with Gasteiger partial charge in [0, 0.05) is 31.4 Å². The van der Waals surface area contributed by atoms with Gasteiger partial charge in [0.05, 0.1) is 6.20 Å². The maximum absolute atomic E-state index is 12.6. The molecule has 0 saturated heterocycles. The summed E-state index contributed by atoms with van der Waals surface area (Å²) in [5.74, 6) is 0.00691. The Labute approximate surface area is 141 Å². The Morgan fingerprint density at radius 2 is 2.17 bits per heavy atom. The molecule has 7 nitrogen and oxygen atoms in total. The summed E-state index contributed by atoms with van der Waals surface area (Å²) in [6, 6.07) is 6.13. The first-order valence-corrected chi connectivity index (χ1v) is 9.34. The fourth-order valence-corrected chi connectivity index (χ4v) is 3.41. The molecule has 8 heteroatoms. The molecule has 1 aliphatic heterocycles. The van der Waals surface area contributed by atoms with Crippen molar-refractivity contribution in [3.05, 3.63) is 41.7 Å². The number of carbonyl (C=O) groups excluding carboxylic acids is 1. The van der Waals surface area contributed by atoms with Gasteiger partial charge in [-0.05, 0) is 31.4 Å². The second-order valence-corrected chi connectivity index (χ2v) is 7.58. The van der Waals surface area contributed by atoms with Gasteiger partial charge in [0.1, 0.15) is 4.90 Å². The quantitative estimate of drug-likeness (QED) is 0.898. The van der Waals surface area contributed by atoms with Crippen molar-refractivity contribution < 1.29 is 13.2 Å². The average Bonchev–Trinajstić information content (AvgIpc) is 3.01. The Balaban J connectivity index is 1.69. The molecule has 128 valence electrons. The van der Waals surface area contributed by atoms with Crippen LogP contribution < -0.4 is 10.0 Å². The van der Waals surface area contributed by atoms with Crippen LogP contribution in [-0.4, -0.2) is 30.7 Å². The van der Waals surface area contributed by atoms with E-state index in [4.69, 9.17) is 5.14 Å². The molecule has 1 aromatic heterocycles. The second-order valence-electron chi connectivity index (χ2n) is 6.02. The minimum atomic E-state index is -3.76. The maximum Gasteiger partial charge on any atom is 0.241 e. The van der Waals surface area contributed by atoms with Crippen LogP contribution in [0.5, 0.6) is 0 Å². The Kier molecular flexibility index (Phi) is 4.42. The van der Waals surface area contributed by atoms with Crippen molar-refractivity contribution in [1.82, 2.24) is 9.78 Å². The van der Waals surface area contributed by atoms with Crippen molar-refractivity contribution in [1.29, 1.82) is 0 Å². The van der Waals surface area contributed by atoms with E-state index in [0.717, 1.165) is 18.5 Å². The van der Waals surface area contributed by atoms with Gasteiger partial charge in [-0.2, -0.15) is 5.10 Å². The number of amides is 1. The van der Waals surface area contributed by atoms with E-state index in [0.29, 0.717) is 13.1 Å². The van der Waals surface area contributed by atoms with Gasteiger partial charge in [0.2, 0.25) is 15.9 Å². The SMILES string of the molecule is Cc1ccc2c(c1)CCCN2C(=O)CCn1cc(S(N)(=O)=O)cn1. The molecular formula is C16H20N4O3S. The van der Waals surface area contributed by atoms with Gasteiger partial charge in [0.25, 0.3) is 0 Å². The van der Waals surface area contributed by atoms with Crippen LogP contribution in [-0.2, 0) is 27.8 Å². The molecule has 3 rings (SSSR count). The highest BCUT2D eigenvalue weighted by Crippen LogP contribution is 2.28. The van der Waals surface area contributed by atoms with Crippen LogP contribution in [0.15, 0.2) is 35.5 Å². The van der Waals surface area contributed by atoms with Crippen LogP contribution in [0.3, 0.4) is 0 Å². The van der Waals surface area contributed by atoms with Gasteiger partial charge in [0.15, 0.2) is 0 Å². The fourth-order valence-electron chi connectivity index (χ4n) is 2.94. The molecule has 0 radical (unpaired) electrons. The molecule has 0 aliphatic carbocycles. The third kappa shape index (κ3) is 3.49. The molecule has 0 atom stereocenters. The summed E-state index contributed by atoms with van der Waals surface area (Å²) in [6.07, 6.45) is 4.71. The topological polar surface area (TPSA) is 98.3 Å². The number of aromatic nitrogens is 2. The predicted molar refractivity (Wildman–Crippen MR) is 90.1 cm³/mol. The van der Waals surface area contributed by atoms with Gasteiger partial charge >= 0.3 is 0 Å². The maximum atomic E-state index is 12.6. The van der Waals surface area contributed by atoms with E-state index in [-0.39, 0.29) is 17.2 Å². The first kappa shape index (κ1) is 16.7. The number of aryl methyl sites for hydroxylation is 3. The smallest absolute Gasteiger partial charge is 0.241 e. The number of sulfonamides is 1. The second kappa shape index (κ2) is 6.37. The lowest BCUT2D eigenvalue weighted by atomic mass is 9.99. The molecule has 1 amide bonds. The number of nitrogens with two attached hydrogens (primary N) is 1. The summed E-state index contributed by atoms with van der Waals surface area (Å²) in [5.41, 5.74) is 3.36. The summed E-state index contributed by atoms with van der Waals surface area (Å²) >= 11 is 0. The van der Waals surface area contributed by atoms with Crippen molar-refractivity contribution in [2.75, 3.05) is 11.4 Å². The monoisotopic (exact) mass is 348 g/mol. The predicted octanol–water partition coefficient (Wildman–Crippen LogP) is 1.21. The largest absolute Gasteiger partial charge is 0.312 e. The first-order chi connectivity index (χ1) is 11.3. The molecule has 0 spiro atoms. The number of benzene rings is 1. The Hall–Kier alpha value is -2.19. The zero-order chi connectivity index (χ0) is 17.3. The highest BCUT2D eigenvalue weighted by atomic mass is 32.2. The summed E-state index contributed by atoms with van der Waals surface area (Å²) < 4.78 is 23.9. The van der Waals surface area contributed by atoms with E-state index in [1.54, 1.807) is 0 Å². The number of anilines is 1. The number of hydrogen-bond acceptors (Lipinski definition) is 4. The van der Waals surface area contributed by atoms with Crippen LogP contribution in [0.2, 0.25) is 0 Å². The summed E-state index contributed by atoms with van der Waals surface area (Å²) in [7, 11) is -3.76. The molecular weight excluding hydrogens is 328 g/mol. The number of fused-ring (bicyclic) bond motifs is 1. The Morgan fingerprint density at radius 3 is 2.88 bits per heavy atom. The highest BCUT2D eigenvalue weighted by molar-refractivity contribution is 7.89. The molecule has 0 saturated carbocycles.